The van der Waals surface area contributed by atoms with Crippen molar-refractivity contribution < 1.29 is 9.53 Å². The number of rotatable bonds is 9. The van der Waals surface area contributed by atoms with Gasteiger partial charge in [-0.1, -0.05) is 24.3 Å². The van der Waals surface area contributed by atoms with Crippen LogP contribution in [0.4, 0.5) is 0 Å². The summed E-state index contributed by atoms with van der Waals surface area (Å²) < 4.78 is 4.88. The number of hydrogen-bond donors (Lipinski definition) is 2. The number of amides is 1. The molecule has 1 fully saturated rings. The summed E-state index contributed by atoms with van der Waals surface area (Å²) in [5.74, 6) is 0.881. The van der Waals surface area contributed by atoms with E-state index in [9.17, 15) is 4.79 Å². The average Bonchev–Trinajstić information content (AvgIpc) is 3.29. The normalized spacial score (nSPS) is 14.2. The Bertz CT molecular complexity index is 413. The number of nitrogens with one attached hydrogen (secondary N) is 2. The number of carbonyl (C=O) groups is 1. The number of hydrogen-bond acceptors (Lipinski definition) is 3. The third-order valence-corrected chi connectivity index (χ3v) is 3.51. The molecular weight excluding hydrogens is 252 g/mol. The second kappa shape index (κ2) is 8.02. The second-order valence-electron chi connectivity index (χ2n) is 5.29. The third-order valence-electron chi connectivity index (χ3n) is 3.51. The molecule has 4 nitrogen and oxygen atoms in total. The predicted octanol–water partition coefficient (Wildman–Crippen LogP) is 1.81. The second-order valence-corrected chi connectivity index (χ2v) is 5.29. The topological polar surface area (TPSA) is 50.4 Å². The van der Waals surface area contributed by atoms with Crippen LogP contribution in [0.2, 0.25) is 0 Å². The Morgan fingerprint density at radius 2 is 2.00 bits per heavy atom. The fraction of sp³-hybridized carbons (Fsp3) is 0.562. The first-order valence-corrected chi connectivity index (χ1v) is 7.35. The molecule has 0 aromatic heterocycles. The summed E-state index contributed by atoms with van der Waals surface area (Å²) >= 11 is 0. The first-order chi connectivity index (χ1) is 9.79. The molecule has 1 aliphatic rings. The minimum absolute atomic E-state index is 0.0682. The van der Waals surface area contributed by atoms with Crippen LogP contribution in [0.15, 0.2) is 24.3 Å². The molecule has 0 radical (unpaired) electrons. The minimum atomic E-state index is 0.0682. The minimum Gasteiger partial charge on any atom is -0.383 e. The van der Waals surface area contributed by atoms with E-state index < -0.39 is 0 Å². The van der Waals surface area contributed by atoms with Gasteiger partial charge in [0.25, 0.3) is 0 Å². The SMILES string of the molecule is COCCNC(=O)CCNCc1ccc(C2CC2)cc1. The molecule has 2 rings (SSSR count). The van der Waals surface area contributed by atoms with Gasteiger partial charge in [0.2, 0.25) is 5.91 Å². The molecule has 0 heterocycles. The van der Waals surface area contributed by atoms with Crippen LogP contribution in [-0.2, 0) is 16.1 Å². The average molecular weight is 276 g/mol. The van der Waals surface area contributed by atoms with Crippen molar-refractivity contribution in [3.05, 3.63) is 35.4 Å². The summed E-state index contributed by atoms with van der Waals surface area (Å²) in [5.41, 5.74) is 2.74. The van der Waals surface area contributed by atoms with Crippen LogP contribution in [0.3, 0.4) is 0 Å². The monoisotopic (exact) mass is 276 g/mol. The van der Waals surface area contributed by atoms with Crippen molar-refractivity contribution >= 4 is 5.91 Å². The highest BCUT2D eigenvalue weighted by molar-refractivity contribution is 5.76. The Morgan fingerprint density at radius 1 is 1.25 bits per heavy atom. The molecule has 1 amide bonds. The fourth-order valence-electron chi connectivity index (χ4n) is 2.14. The lowest BCUT2D eigenvalue weighted by Gasteiger charge is -2.07. The maximum Gasteiger partial charge on any atom is 0.221 e. The van der Waals surface area contributed by atoms with Crippen LogP contribution in [-0.4, -0.2) is 32.7 Å². The van der Waals surface area contributed by atoms with Gasteiger partial charge < -0.3 is 15.4 Å². The van der Waals surface area contributed by atoms with Crippen LogP contribution in [0.25, 0.3) is 0 Å². The van der Waals surface area contributed by atoms with Gasteiger partial charge in [0.15, 0.2) is 0 Å². The van der Waals surface area contributed by atoms with Gasteiger partial charge in [-0.05, 0) is 29.9 Å². The zero-order valence-electron chi connectivity index (χ0n) is 12.2. The van der Waals surface area contributed by atoms with E-state index in [1.165, 1.54) is 24.0 Å². The molecule has 0 atom stereocenters. The number of methoxy groups -OCH3 is 1. The Hall–Kier alpha value is -1.39. The molecule has 0 unspecified atom stereocenters. The Balaban J connectivity index is 1.57. The molecule has 1 saturated carbocycles. The first-order valence-electron chi connectivity index (χ1n) is 7.35. The van der Waals surface area contributed by atoms with Crippen LogP contribution in [0.1, 0.15) is 36.3 Å². The fourth-order valence-corrected chi connectivity index (χ4v) is 2.14. The smallest absolute Gasteiger partial charge is 0.221 e. The van der Waals surface area contributed by atoms with Gasteiger partial charge in [0, 0.05) is 33.2 Å². The quantitative estimate of drug-likeness (QED) is 0.676. The lowest BCUT2D eigenvalue weighted by molar-refractivity contribution is -0.121. The molecule has 20 heavy (non-hydrogen) atoms. The molecule has 110 valence electrons. The zero-order chi connectivity index (χ0) is 14.2. The van der Waals surface area contributed by atoms with E-state index in [1.54, 1.807) is 7.11 Å². The van der Waals surface area contributed by atoms with Crippen LogP contribution < -0.4 is 10.6 Å². The summed E-state index contributed by atoms with van der Waals surface area (Å²) in [6.07, 6.45) is 3.19. The molecule has 0 saturated heterocycles. The highest BCUT2D eigenvalue weighted by Gasteiger charge is 2.22. The van der Waals surface area contributed by atoms with Gasteiger partial charge in [-0.25, -0.2) is 0 Å². The Morgan fingerprint density at radius 3 is 2.65 bits per heavy atom. The van der Waals surface area contributed by atoms with E-state index in [-0.39, 0.29) is 5.91 Å². The summed E-state index contributed by atoms with van der Waals surface area (Å²) in [6, 6.07) is 8.82. The Labute approximate surface area is 120 Å². The van der Waals surface area contributed by atoms with Gasteiger partial charge >= 0.3 is 0 Å². The van der Waals surface area contributed by atoms with E-state index in [0.29, 0.717) is 26.1 Å². The van der Waals surface area contributed by atoms with E-state index in [0.717, 1.165) is 12.5 Å². The van der Waals surface area contributed by atoms with E-state index in [1.807, 2.05) is 0 Å². The van der Waals surface area contributed by atoms with E-state index >= 15 is 0 Å². The van der Waals surface area contributed by atoms with Crippen molar-refractivity contribution in [2.45, 2.75) is 31.7 Å². The van der Waals surface area contributed by atoms with Gasteiger partial charge in [-0.15, -0.1) is 0 Å². The summed E-state index contributed by atoms with van der Waals surface area (Å²) in [4.78, 5) is 11.4. The zero-order valence-corrected chi connectivity index (χ0v) is 12.2. The van der Waals surface area contributed by atoms with Crippen molar-refractivity contribution in [1.29, 1.82) is 0 Å². The van der Waals surface area contributed by atoms with Crippen LogP contribution in [0.5, 0.6) is 0 Å². The standard InChI is InChI=1S/C16H24N2O2/c1-20-11-10-18-16(19)8-9-17-12-13-2-4-14(5-3-13)15-6-7-15/h2-5,15,17H,6-12H2,1H3,(H,18,19). The van der Waals surface area contributed by atoms with E-state index in [2.05, 4.69) is 34.9 Å². The molecule has 1 aliphatic carbocycles. The van der Waals surface area contributed by atoms with Gasteiger partial charge in [0.05, 0.1) is 6.61 Å². The largest absolute Gasteiger partial charge is 0.383 e. The molecule has 4 heteroatoms. The van der Waals surface area contributed by atoms with Crippen molar-refractivity contribution in [2.24, 2.45) is 0 Å². The third kappa shape index (κ3) is 5.31. The molecule has 1 aromatic carbocycles. The predicted molar refractivity (Wildman–Crippen MR) is 79.6 cm³/mol. The maximum absolute atomic E-state index is 11.4. The van der Waals surface area contributed by atoms with E-state index in [4.69, 9.17) is 4.74 Å². The number of ether oxygens (including phenoxy) is 1. The molecule has 0 aliphatic heterocycles. The molecule has 0 bridgehead atoms. The van der Waals surface area contributed by atoms with Crippen LogP contribution >= 0.6 is 0 Å². The summed E-state index contributed by atoms with van der Waals surface area (Å²) in [6.45, 7) is 2.66. The van der Waals surface area contributed by atoms with Gasteiger partial charge in [0.1, 0.15) is 0 Å². The van der Waals surface area contributed by atoms with Crippen molar-refractivity contribution in [2.75, 3.05) is 26.8 Å². The summed E-state index contributed by atoms with van der Waals surface area (Å²) in [7, 11) is 1.63. The lowest BCUT2D eigenvalue weighted by atomic mass is 10.1. The highest BCUT2D eigenvalue weighted by Crippen LogP contribution is 2.39. The van der Waals surface area contributed by atoms with Crippen molar-refractivity contribution in [1.82, 2.24) is 10.6 Å². The molecular formula is C16H24N2O2. The molecule has 2 N–H and O–H groups in total. The van der Waals surface area contributed by atoms with Gasteiger partial charge in [-0.2, -0.15) is 0 Å². The summed E-state index contributed by atoms with van der Waals surface area (Å²) in [5, 5.41) is 6.10. The highest BCUT2D eigenvalue weighted by atomic mass is 16.5. The molecule has 1 aromatic rings. The van der Waals surface area contributed by atoms with Crippen LogP contribution in [0, 0.1) is 0 Å². The maximum atomic E-state index is 11.4. The number of carbonyl (C=O) groups excluding carboxylic acids is 1. The van der Waals surface area contributed by atoms with Gasteiger partial charge in [-0.3, -0.25) is 4.79 Å². The van der Waals surface area contributed by atoms with Crippen molar-refractivity contribution in [3.8, 4) is 0 Å². The Kier molecular flexibility index (Phi) is 6.02. The molecule has 0 spiro atoms. The van der Waals surface area contributed by atoms with Crippen molar-refractivity contribution in [3.63, 3.8) is 0 Å². The number of benzene rings is 1. The first kappa shape index (κ1) is 15.0. The lowest BCUT2D eigenvalue weighted by Crippen LogP contribution is -2.29.